The monoisotopic (exact) mass is 249 g/mol. The van der Waals surface area contributed by atoms with Crippen LogP contribution in [0.4, 0.5) is 0 Å². The van der Waals surface area contributed by atoms with Crippen LogP contribution in [0.25, 0.3) is 5.95 Å². The summed E-state index contributed by atoms with van der Waals surface area (Å²) < 4.78 is 2.33. The van der Waals surface area contributed by atoms with Gasteiger partial charge in [-0.05, 0) is 22.0 Å². The molecule has 0 bridgehead atoms. The minimum atomic E-state index is 0.321. The number of hydrogen-bond acceptors (Lipinski definition) is 4. The van der Waals surface area contributed by atoms with E-state index in [0.717, 1.165) is 4.47 Å². The van der Waals surface area contributed by atoms with Gasteiger partial charge in [-0.3, -0.25) is 0 Å². The standard InChI is InChI=1S/C8H4BrN5/c9-6-4-12-14(5-6)8-11-2-1-7(3-10)13-8/h1-2,4-5H. The van der Waals surface area contributed by atoms with Crippen molar-refractivity contribution in [1.29, 1.82) is 5.26 Å². The first-order valence-corrected chi connectivity index (χ1v) is 4.52. The van der Waals surface area contributed by atoms with Crippen molar-refractivity contribution in [1.82, 2.24) is 19.7 Å². The SMILES string of the molecule is N#Cc1ccnc(-n2cc(Br)cn2)n1. The van der Waals surface area contributed by atoms with Crippen molar-refractivity contribution in [3.05, 3.63) is 34.8 Å². The number of hydrogen-bond donors (Lipinski definition) is 0. The van der Waals surface area contributed by atoms with Crippen LogP contribution in [0.1, 0.15) is 5.69 Å². The van der Waals surface area contributed by atoms with Gasteiger partial charge in [0.25, 0.3) is 5.95 Å². The molecule has 2 rings (SSSR count). The largest absolute Gasteiger partial charge is 0.251 e. The van der Waals surface area contributed by atoms with Crippen LogP contribution in [-0.2, 0) is 0 Å². The molecule has 0 atom stereocenters. The fourth-order valence-electron chi connectivity index (χ4n) is 0.931. The van der Waals surface area contributed by atoms with Gasteiger partial charge in [0.15, 0.2) is 0 Å². The fourth-order valence-corrected chi connectivity index (χ4v) is 1.22. The summed E-state index contributed by atoms with van der Waals surface area (Å²) >= 11 is 3.26. The van der Waals surface area contributed by atoms with Crippen molar-refractivity contribution < 1.29 is 0 Å². The third-order valence-electron chi connectivity index (χ3n) is 1.51. The maximum absolute atomic E-state index is 8.63. The number of nitriles is 1. The maximum atomic E-state index is 8.63. The molecule has 0 radical (unpaired) electrons. The zero-order chi connectivity index (χ0) is 9.97. The van der Waals surface area contributed by atoms with Crippen LogP contribution in [0.3, 0.4) is 0 Å². The molecule has 0 aliphatic heterocycles. The smallest absolute Gasteiger partial charge is 0.220 e. The minimum Gasteiger partial charge on any atom is -0.220 e. The highest BCUT2D eigenvalue weighted by molar-refractivity contribution is 9.10. The van der Waals surface area contributed by atoms with Crippen molar-refractivity contribution in [3.63, 3.8) is 0 Å². The maximum Gasteiger partial charge on any atom is 0.251 e. The van der Waals surface area contributed by atoms with Crippen molar-refractivity contribution in [3.8, 4) is 12.0 Å². The van der Waals surface area contributed by atoms with Gasteiger partial charge in [-0.2, -0.15) is 10.4 Å². The second-order valence-electron chi connectivity index (χ2n) is 2.46. The Labute approximate surface area is 88.2 Å². The van der Waals surface area contributed by atoms with Crippen molar-refractivity contribution in [2.45, 2.75) is 0 Å². The summed E-state index contributed by atoms with van der Waals surface area (Å²) in [7, 11) is 0. The molecule has 14 heavy (non-hydrogen) atoms. The number of aromatic nitrogens is 4. The van der Waals surface area contributed by atoms with E-state index in [0.29, 0.717) is 11.6 Å². The van der Waals surface area contributed by atoms with Gasteiger partial charge in [0.1, 0.15) is 11.8 Å². The van der Waals surface area contributed by atoms with E-state index < -0.39 is 0 Å². The molecule has 0 aliphatic rings. The van der Waals surface area contributed by atoms with Gasteiger partial charge in [0.05, 0.1) is 10.7 Å². The average molecular weight is 250 g/mol. The van der Waals surface area contributed by atoms with Gasteiger partial charge in [-0.15, -0.1) is 0 Å². The van der Waals surface area contributed by atoms with Gasteiger partial charge in [0, 0.05) is 12.4 Å². The Morgan fingerprint density at radius 1 is 1.50 bits per heavy atom. The summed E-state index contributed by atoms with van der Waals surface area (Å²) in [5.41, 5.74) is 0.321. The van der Waals surface area contributed by atoms with E-state index >= 15 is 0 Å². The molecule has 0 fully saturated rings. The van der Waals surface area contributed by atoms with Crippen LogP contribution < -0.4 is 0 Å². The van der Waals surface area contributed by atoms with Gasteiger partial charge in [-0.1, -0.05) is 0 Å². The van der Waals surface area contributed by atoms with E-state index in [9.17, 15) is 0 Å². The fraction of sp³-hybridized carbons (Fsp3) is 0. The molecule has 0 amide bonds. The van der Waals surface area contributed by atoms with Crippen LogP contribution in [0.5, 0.6) is 0 Å². The molecule has 0 aromatic carbocycles. The molecule has 68 valence electrons. The summed E-state index contributed by atoms with van der Waals surface area (Å²) in [6, 6.07) is 3.48. The number of nitrogens with zero attached hydrogens (tertiary/aromatic N) is 5. The topological polar surface area (TPSA) is 67.4 Å². The second kappa shape index (κ2) is 3.55. The predicted molar refractivity (Wildman–Crippen MR) is 51.6 cm³/mol. The number of halogens is 1. The zero-order valence-corrected chi connectivity index (χ0v) is 8.51. The van der Waals surface area contributed by atoms with Gasteiger partial charge in [-0.25, -0.2) is 14.6 Å². The van der Waals surface area contributed by atoms with E-state index in [4.69, 9.17) is 5.26 Å². The van der Waals surface area contributed by atoms with E-state index in [-0.39, 0.29) is 0 Å². The first-order chi connectivity index (χ1) is 6.79. The quantitative estimate of drug-likeness (QED) is 0.764. The minimum absolute atomic E-state index is 0.321. The lowest BCUT2D eigenvalue weighted by Gasteiger charge is -1.97. The van der Waals surface area contributed by atoms with Crippen molar-refractivity contribution >= 4 is 15.9 Å². The van der Waals surface area contributed by atoms with Crippen molar-refractivity contribution in [2.75, 3.05) is 0 Å². The lowest BCUT2D eigenvalue weighted by Crippen LogP contribution is -2.01. The van der Waals surface area contributed by atoms with E-state index in [2.05, 4.69) is 31.0 Å². The molecule has 0 aliphatic carbocycles. The average Bonchev–Trinajstić information content (AvgIpc) is 2.65. The predicted octanol–water partition coefficient (Wildman–Crippen LogP) is 1.30. The van der Waals surface area contributed by atoms with E-state index in [1.54, 1.807) is 18.5 Å². The van der Waals surface area contributed by atoms with E-state index in [1.807, 2.05) is 6.07 Å². The molecule has 0 unspecified atom stereocenters. The summed E-state index contributed by atoms with van der Waals surface area (Å²) in [4.78, 5) is 7.97. The second-order valence-corrected chi connectivity index (χ2v) is 3.37. The Morgan fingerprint density at radius 3 is 3.00 bits per heavy atom. The molecule has 5 nitrogen and oxygen atoms in total. The summed E-state index contributed by atoms with van der Waals surface area (Å²) in [6.45, 7) is 0. The van der Waals surface area contributed by atoms with Crippen LogP contribution in [0, 0.1) is 11.3 Å². The first-order valence-electron chi connectivity index (χ1n) is 3.73. The number of rotatable bonds is 1. The Bertz CT molecular complexity index is 498. The van der Waals surface area contributed by atoms with Crippen LogP contribution in [0.2, 0.25) is 0 Å². The molecule has 0 spiro atoms. The molecule has 2 heterocycles. The molecule has 6 heteroatoms. The third kappa shape index (κ3) is 1.63. The molecule has 0 saturated carbocycles. The van der Waals surface area contributed by atoms with Gasteiger partial charge in [0.2, 0.25) is 0 Å². The first kappa shape index (κ1) is 8.84. The highest BCUT2D eigenvalue weighted by Crippen LogP contribution is 2.09. The summed E-state index contributed by atoms with van der Waals surface area (Å²) in [5, 5.41) is 12.6. The van der Waals surface area contributed by atoms with Crippen molar-refractivity contribution in [2.24, 2.45) is 0 Å². The lowest BCUT2D eigenvalue weighted by atomic mass is 10.4. The lowest BCUT2D eigenvalue weighted by molar-refractivity contribution is 0.805. The molecular weight excluding hydrogens is 246 g/mol. The molecular formula is C8H4BrN5. The van der Waals surface area contributed by atoms with E-state index in [1.165, 1.54) is 10.9 Å². The Balaban J connectivity index is 2.47. The summed E-state index contributed by atoms with van der Waals surface area (Å²) in [6.07, 6.45) is 4.87. The Hall–Kier alpha value is -1.74. The molecule has 0 N–H and O–H groups in total. The summed E-state index contributed by atoms with van der Waals surface area (Å²) in [5.74, 6) is 0.384. The Kier molecular flexibility index (Phi) is 2.24. The van der Waals surface area contributed by atoms with Gasteiger partial charge >= 0.3 is 0 Å². The zero-order valence-electron chi connectivity index (χ0n) is 6.92. The Morgan fingerprint density at radius 2 is 2.36 bits per heavy atom. The molecule has 2 aromatic rings. The van der Waals surface area contributed by atoms with Crippen LogP contribution >= 0.6 is 15.9 Å². The van der Waals surface area contributed by atoms with Gasteiger partial charge < -0.3 is 0 Å². The van der Waals surface area contributed by atoms with Crippen LogP contribution in [-0.4, -0.2) is 19.7 Å². The molecule has 2 aromatic heterocycles. The normalized spacial score (nSPS) is 9.71. The molecule has 0 saturated heterocycles. The highest BCUT2D eigenvalue weighted by Gasteiger charge is 2.02. The third-order valence-corrected chi connectivity index (χ3v) is 1.92. The highest BCUT2D eigenvalue weighted by atomic mass is 79.9. The van der Waals surface area contributed by atoms with Crippen LogP contribution in [0.15, 0.2) is 29.1 Å².